The quantitative estimate of drug-likeness (QED) is 0.722. The van der Waals surface area contributed by atoms with Crippen LogP contribution in [0.2, 0.25) is 0 Å². The first-order valence-electron chi connectivity index (χ1n) is 6.85. The van der Waals surface area contributed by atoms with Crippen molar-refractivity contribution in [3.8, 4) is 0 Å². The van der Waals surface area contributed by atoms with Gasteiger partial charge in [0.15, 0.2) is 5.82 Å². The van der Waals surface area contributed by atoms with Crippen LogP contribution in [0.1, 0.15) is 34.1 Å². The lowest BCUT2D eigenvalue weighted by Gasteiger charge is -2.27. The van der Waals surface area contributed by atoms with Crippen LogP contribution in [0.25, 0.3) is 0 Å². The molecular weight excluding hydrogens is 306 g/mol. The minimum absolute atomic E-state index is 0.0134. The molecule has 0 atom stereocenters. The van der Waals surface area contributed by atoms with Gasteiger partial charge >= 0.3 is 0 Å². The molecule has 5 heteroatoms. The highest BCUT2D eigenvalue weighted by atomic mass is 79.9. The van der Waals surface area contributed by atoms with E-state index in [-0.39, 0.29) is 11.6 Å². The summed E-state index contributed by atoms with van der Waals surface area (Å²) in [6, 6.07) is 0.272. The monoisotopic (exact) mass is 329 g/mol. The molecule has 0 N–H and O–H groups in total. The number of nitrogens with zero attached hydrogens (tertiary/aromatic N) is 3. The molecule has 0 saturated carbocycles. The molecule has 19 heavy (non-hydrogen) atoms. The van der Waals surface area contributed by atoms with Gasteiger partial charge in [0.05, 0.1) is 0 Å². The van der Waals surface area contributed by atoms with E-state index < -0.39 is 0 Å². The summed E-state index contributed by atoms with van der Waals surface area (Å²) in [5, 5.41) is 0.934. The molecule has 0 radical (unpaired) electrons. The summed E-state index contributed by atoms with van der Waals surface area (Å²) in [5.41, 5.74) is 0.0134. The maximum atomic E-state index is 12.5. The minimum atomic E-state index is 0.0134. The highest BCUT2D eigenvalue weighted by Gasteiger charge is 2.16. The summed E-state index contributed by atoms with van der Waals surface area (Å²) >= 11 is 3.43. The predicted molar refractivity (Wildman–Crippen MR) is 84.2 cm³/mol. The molecule has 0 aliphatic heterocycles. The van der Waals surface area contributed by atoms with Gasteiger partial charge in [-0.1, -0.05) is 29.8 Å². The molecule has 0 aliphatic rings. The predicted octanol–water partition coefficient (Wildman–Crippen LogP) is 2.90. The van der Waals surface area contributed by atoms with E-state index in [2.05, 4.69) is 53.5 Å². The van der Waals surface area contributed by atoms with Gasteiger partial charge in [0.2, 0.25) is 0 Å². The Hall–Kier alpha value is -0.840. The first-order valence-corrected chi connectivity index (χ1v) is 7.97. The van der Waals surface area contributed by atoms with Crippen LogP contribution >= 0.6 is 15.9 Å². The Balaban J connectivity index is 3.06. The number of aromatic nitrogens is 2. The first kappa shape index (κ1) is 16.2. The third-order valence-corrected chi connectivity index (χ3v) is 3.45. The van der Waals surface area contributed by atoms with Crippen molar-refractivity contribution >= 4 is 21.7 Å². The third kappa shape index (κ3) is 4.64. The van der Waals surface area contributed by atoms with Gasteiger partial charge in [0, 0.05) is 36.9 Å². The van der Waals surface area contributed by atoms with Crippen molar-refractivity contribution in [3.05, 3.63) is 22.7 Å². The molecule has 1 heterocycles. The van der Waals surface area contributed by atoms with Gasteiger partial charge in [-0.15, -0.1) is 0 Å². The van der Waals surface area contributed by atoms with Crippen molar-refractivity contribution in [1.29, 1.82) is 0 Å². The normalized spacial score (nSPS) is 11.3. The minimum Gasteiger partial charge on any atom is -0.350 e. The fourth-order valence-electron chi connectivity index (χ4n) is 2.01. The molecule has 1 rings (SSSR count). The summed E-state index contributed by atoms with van der Waals surface area (Å²) in [6.07, 6.45) is 4.50. The molecule has 0 saturated heterocycles. The summed E-state index contributed by atoms with van der Waals surface area (Å²) < 4.78 is 1.76. The molecule has 0 amide bonds. The van der Waals surface area contributed by atoms with Gasteiger partial charge in [-0.25, -0.2) is 4.98 Å². The smallest absolute Gasteiger partial charge is 0.293 e. The maximum absolute atomic E-state index is 12.5. The molecule has 1 aromatic rings. The number of anilines is 1. The number of alkyl halides is 1. The molecule has 1 aromatic heterocycles. The highest BCUT2D eigenvalue weighted by molar-refractivity contribution is 9.09. The Morgan fingerprint density at radius 1 is 1.37 bits per heavy atom. The van der Waals surface area contributed by atoms with Gasteiger partial charge in [0.25, 0.3) is 5.56 Å². The Labute approximate surface area is 124 Å². The van der Waals surface area contributed by atoms with E-state index in [0.29, 0.717) is 11.7 Å². The molecule has 0 bridgehead atoms. The van der Waals surface area contributed by atoms with E-state index in [4.69, 9.17) is 0 Å². The van der Waals surface area contributed by atoms with Gasteiger partial charge in [-0.05, 0) is 26.2 Å². The molecular formula is C14H24BrN3O. The average molecular weight is 330 g/mol. The second-order valence-electron chi connectivity index (χ2n) is 5.43. The van der Waals surface area contributed by atoms with Crippen molar-refractivity contribution in [2.75, 3.05) is 16.8 Å². The van der Waals surface area contributed by atoms with Crippen LogP contribution < -0.4 is 10.5 Å². The van der Waals surface area contributed by atoms with Crippen LogP contribution in [0.15, 0.2) is 17.2 Å². The fraction of sp³-hybridized carbons (Fsp3) is 0.714. The van der Waals surface area contributed by atoms with Crippen LogP contribution in [0.4, 0.5) is 5.82 Å². The van der Waals surface area contributed by atoms with E-state index >= 15 is 0 Å². The SMILES string of the molecule is CC(C)Cn1ccnc(N(CCCBr)C(C)C)c1=O. The lowest BCUT2D eigenvalue weighted by Crippen LogP contribution is -2.39. The number of halogens is 1. The number of hydrogen-bond donors (Lipinski definition) is 0. The van der Waals surface area contributed by atoms with E-state index in [0.717, 1.165) is 24.8 Å². The largest absolute Gasteiger partial charge is 0.350 e. The summed E-state index contributed by atoms with van der Waals surface area (Å²) in [7, 11) is 0. The summed E-state index contributed by atoms with van der Waals surface area (Å²) in [5.74, 6) is 1.02. The second kappa shape index (κ2) is 7.68. The average Bonchev–Trinajstić information content (AvgIpc) is 2.33. The van der Waals surface area contributed by atoms with Crippen molar-refractivity contribution in [2.45, 2.75) is 46.7 Å². The van der Waals surface area contributed by atoms with Gasteiger partial charge in [0.1, 0.15) is 0 Å². The van der Waals surface area contributed by atoms with Crippen molar-refractivity contribution in [1.82, 2.24) is 9.55 Å². The van der Waals surface area contributed by atoms with Crippen molar-refractivity contribution in [3.63, 3.8) is 0 Å². The zero-order valence-electron chi connectivity index (χ0n) is 12.3. The highest BCUT2D eigenvalue weighted by Crippen LogP contribution is 2.10. The van der Waals surface area contributed by atoms with E-state index in [9.17, 15) is 4.79 Å². The van der Waals surface area contributed by atoms with Crippen molar-refractivity contribution in [2.24, 2.45) is 5.92 Å². The zero-order valence-corrected chi connectivity index (χ0v) is 13.9. The van der Waals surface area contributed by atoms with Gasteiger partial charge in [-0.3, -0.25) is 4.79 Å². The van der Waals surface area contributed by atoms with Crippen LogP contribution in [0, 0.1) is 5.92 Å². The Morgan fingerprint density at radius 2 is 2.05 bits per heavy atom. The van der Waals surface area contributed by atoms with Crippen LogP contribution in [-0.2, 0) is 6.54 Å². The van der Waals surface area contributed by atoms with Crippen LogP contribution in [0.5, 0.6) is 0 Å². The van der Waals surface area contributed by atoms with E-state index in [1.807, 2.05) is 0 Å². The lowest BCUT2D eigenvalue weighted by molar-refractivity contribution is 0.506. The molecule has 108 valence electrons. The summed E-state index contributed by atoms with van der Waals surface area (Å²) in [6.45, 7) is 9.98. The Kier molecular flexibility index (Phi) is 6.55. The maximum Gasteiger partial charge on any atom is 0.293 e. The van der Waals surface area contributed by atoms with Gasteiger partial charge in [-0.2, -0.15) is 0 Å². The fourth-order valence-corrected chi connectivity index (χ4v) is 2.26. The molecule has 4 nitrogen and oxygen atoms in total. The van der Waals surface area contributed by atoms with Crippen LogP contribution in [-0.4, -0.2) is 27.5 Å². The first-order chi connectivity index (χ1) is 8.97. The number of hydrogen-bond acceptors (Lipinski definition) is 3. The van der Waals surface area contributed by atoms with Crippen LogP contribution in [0.3, 0.4) is 0 Å². The van der Waals surface area contributed by atoms with E-state index in [1.165, 1.54) is 0 Å². The topological polar surface area (TPSA) is 38.1 Å². The molecule has 0 aromatic carbocycles. The molecule has 0 fully saturated rings. The lowest BCUT2D eigenvalue weighted by atomic mass is 10.2. The standard InChI is InChI=1S/C14H24BrN3O/c1-11(2)10-17-9-7-16-13(14(17)19)18(12(3)4)8-5-6-15/h7,9,11-12H,5-6,8,10H2,1-4H3. The Morgan fingerprint density at radius 3 is 2.58 bits per heavy atom. The number of rotatable bonds is 7. The molecule has 0 unspecified atom stereocenters. The zero-order chi connectivity index (χ0) is 14.4. The molecule has 0 spiro atoms. The molecule has 0 aliphatic carbocycles. The van der Waals surface area contributed by atoms with E-state index in [1.54, 1.807) is 17.0 Å². The Bertz CT molecular complexity index is 443. The third-order valence-electron chi connectivity index (χ3n) is 2.89. The summed E-state index contributed by atoms with van der Waals surface area (Å²) in [4.78, 5) is 18.8. The second-order valence-corrected chi connectivity index (χ2v) is 6.22. The van der Waals surface area contributed by atoms with Gasteiger partial charge < -0.3 is 9.47 Å². The van der Waals surface area contributed by atoms with Crippen molar-refractivity contribution < 1.29 is 0 Å².